The fraction of sp³-hybridized carbons (Fsp3) is 0.200. The van der Waals surface area contributed by atoms with Crippen molar-refractivity contribution in [1.82, 2.24) is 9.38 Å². The highest BCUT2D eigenvalue weighted by Gasteiger charge is 1.91. The smallest absolute Gasteiger partial charge is 0.303 e. The lowest BCUT2D eigenvalue weighted by atomic mass is 10.5. The molecule has 0 amide bonds. The lowest BCUT2D eigenvalue weighted by molar-refractivity contribution is -0.136. The van der Waals surface area contributed by atoms with Gasteiger partial charge in [0, 0.05) is 29.5 Å². The molecule has 0 atom stereocenters. The number of hydrogen-bond acceptors (Lipinski definition) is 2. The molecule has 2 heterocycles. The van der Waals surface area contributed by atoms with E-state index in [-0.39, 0.29) is 6.42 Å². The maximum absolute atomic E-state index is 9.37. The summed E-state index contributed by atoms with van der Waals surface area (Å²) in [5.41, 5.74) is 0.967. The van der Waals surface area contributed by atoms with Gasteiger partial charge in [0.15, 0.2) is 0 Å². The van der Waals surface area contributed by atoms with Crippen LogP contribution >= 0.6 is 15.9 Å². The van der Waals surface area contributed by atoms with E-state index in [2.05, 4.69) is 20.9 Å². The lowest BCUT2D eigenvalue weighted by Crippen LogP contribution is -1.86. The van der Waals surface area contributed by atoms with Crippen LogP contribution in [0, 0.1) is 0 Å². The minimum Gasteiger partial charge on any atom is -0.481 e. The molecule has 0 bridgehead atoms. The number of carbonyl (C=O) groups is 1. The Kier molecular flexibility index (Phi) is 4.30. The van der Waals surface area contributed by atoms with Gasteiger partial charge in [0.2, 0.25) is 0 Å². The second kappa shape index (κ2) is 5.50. The molecule has 0 saturated heterocycles. The number of imidazole rings is 1. The Labute approximate surface area is 95.7 Å². The summed E-state index contributed by atoms with van der Waals surface area (Å²) in [4.78, 5) is 13.5. The topological polar surface area (TPSA) is 54.6 Å². The zero-order valence-corrected chi connectivity index (χ0v) is 9.81. The number of carboxylic acid groups (broad SMARTS) is 1. The molecule has 0 aromatic carbocycles. The Morgan fingerprint density at radius 1 is 1.60 bits per heavy atom. The van der Waals surface area contributed by atoms with Gasteiger partial charge in [-0.05, 0) is 12.1 Å². The highest BCUT2D eigenvalue weighted by Crippen LogP contribution is 2.10. The third kappa shape index (κ3) is 3.71. The maximum atomic E-state index is 9.37. The number of aromatic nitrogens is 2. The van der Waals surface area contributed by atoms with Crippen LogP contribution in [0.15, 0.2) is 35.2 Å². The Morgan fingerprint density at radius 2 is 2.27 bits per heavy atom. The van der Waals surface area contributed by atoms with Crippen LogP contribution in [0.3, 0.4) is 0 Å². The number of rotatable bonds is 1. The molecular weight excluding hydrogens is 260 g/mol. The number of aliphatic carboxylic acids is 1. The predicted molar refractivity (Wildman–Crippen MR) is 60.8 cm³/mol. The van der Waals surface area contributed by atoms with Gasteiger partial charge in [-0.15, -0.1) is 0 Å². The molecule has 1 N–H and O–H groups in total. The van der Waals surface area contributed by atoms with E-state index in [1.165, 1.54) is 0 Å². The molecule has 4 nitrogen and oxygen atoms in total. The van der Waals surface area contributed by atoms with Crippen molar-refractivity contribution in [1.29, 1.82) is 0 Å². The summed E-state index contributed by atoms with van der Waals surface area (Å²) in [6.45, 7) is 1.60. The van der Waals surface area contributed by atoms with Crippen LogP contribution in [0.25, 0.3) is 5.65 Å². The van der Waals surface area contributed by atoms with E-state index >= 15 is 0 Å². The molecule has 0 radical (unpaired) electrons. The molecule has 2 aromatic heterocycles. The van der Waals surface area contributed by atoms with E-state index in [0.717, 1.165) is 10.1 Å². The van der Waals surface area contributed by atoms with Gasteiger partial charge in [-0.25, -0.2) is 4.98 Å². The average molecular weight is 271 g/mol. The van der Waals surface area contributed by atoms with E-state index < -0.39 is 5.97 Å². The lowest BCUT2D eigenvalue weighted by Gasteiger charge is -1.91. The Morgan fingerprint density at radius 3 is 2.87 bits per heavy atom. The molecule has 0 unspecified atom stereocenters. The quantitative estimate of drug-likeness (QED) is 0.867. The summed E-state index contributed by atoms with van der Waals surface area (Å²) >= 11 is 3.36. The number of nitrogens with zero attached hydrogens (tertiary/aromatic N) is 2. The van der Waals surface area contributed by atoms with Crippen LogP contribution in [-0.2, 0) is 4.79 Å². The molecule has 0 saturated carbocycles. The number of fused-ring (bicyclic) bond motifs is 1. The van der Waals surface area contributed by atoms with Crippen molar-refractivity contribution in [2.24, 2.45) is 0 Å². The van der Waals surface area contributed by atoms with Gasteiger partial charge >= 0.3 is 5.97 Å². The Balaban J connectivity index is 0.000000195. The Bertz CT molecular complexity index is 453. The van der Waals surface area contributed by atoms with Crippen LogP contribution in [0.1, 0.15) is 13.3 Å². The first kappa shape index (κ1) is 11.7. The van der Waals surface area contributed by atoms with Crippen LogP contribution in [0.2, 0.25) is 0 Å². The third-order valence-electron chi connectivity index (χ3n) is 1.66. The van der Waals surface area contributed by atoms with Gasteiger partial charge in [0.1, 0.15) is 5.65 Å². The number of halogens is 1. The van der Waals surface area contributed by atoms with E-state index in [0.29, 0.717) is 0 Å². The zero-order chi connectivity index (χ0) is 11.3. The molecule has 0 aliphatic carbocycles. The largest absolute Gasteiger partial charge is 0.481 e. The second-order valence-corrected chi connectivity index (χ2v) is 3.70. The number of hydrogen-bond donors (Lipinski definition) is 1. The van der Waals surface area contributed by atoms with Crippen molar-refractivity contribution in [2.75, 3.05) is 0 Å². The molecule has 80 valence electrons. The van der Waals surface area contributed by atoms with E-state index in [1.54, 1.807) is 13.1 Å². The second-order valence-electron chi connectivity index (χ2n) is 2.78. The summed E-state index contributed by atoms with van der Waals surface area (Å²) < 4.78 is 3.02. The maximum Gasteiger partial charge on any atom is 0.303 e. The van der Waals surface area contributed by atoms with Crippen LogP contribution < -0.4 is 0 Å². The van der Waals surface area contributed by atoms with Gasteiger partial charge in [-0.1, -0.05) is 22.9 Å². The zero-order valence-electron chi connectivity index (χ0n) is 8.22. The van der Waals surface area contributed by atoms with Crippen molar-refractivity contribution in [3.05, 3.63) is 35.2 Å². The van der Waals surface area contributed by atoms with Crippen molar-refractivity contribution < 1.29 is 9.90 Å². The SMILES string of the molecule is Brc1ccn2ccnc2c1.CCC(=O)O. The number of pyridine rings is 1. The minimum absolute atomic E-state index is 0.222. The first-order valence-corrected chi connectivity index (χ1v) is 5.22. The van der Waals surface area contributed by atoms with Gasteiger partial charge < -0.3 is 9.51 Å². The van der Waals surface area contributed by atoms with Crippen molar-refractivity contribution in [3.63, 3.8) is 0 Å². The molecular formula is C10H11BrN2O2. The van der Waals surface area contributed by atoms with Gasteiger partial charge in [0.05, 0.1) is 0 Å². The van der Waals surface area contributed by atoms with Crippen LogP contribution in [0.5, 0.6) is 0 Å². The molecule has 0 aliphatic heterocycles. The van der Waals surface area contributed by atoms with Crippen molar-refractivity contribution in [3.8, 4) is 0 Å². The molecule has 0 fully saturated rings. The monoisotopic (exact) mass is 270 g/mol. The van der Waals surface area contributed by atoms with E-state index in [9.17, 15) is 4.79 Å². The predicted octanol–water partition coefficient (Wildman–Crippen LogP) is 2.58. The molecule has 0 aliphatic rings. The fourth-order valence-corrected chi connectivity index (χ4v) is 1.21. The molecule has 0 spiro atoms. The molecule has 5 heteroatoms. The van der Waals surface area contributed by atoms with Crippen LogP contribution in [0.4, 0.5) is 0 Å². The summed E-state index contributed by atoms with van der Waals surface area (Å²) in [6, 6.07) is 3.95. The van der Waals surface area contributed by atoms with Crippen molar-refractivity contribution >= 4 is 27.5 Å². The van der Waals surface area contributed by atoms with Gasteiger partial charge in [-0.3, -0.25) is 4.79 Å². The third-order valence-corrected chi connectivity index (χ3v) is 2.16. The summed E-state index contributed by atoms with van der Waals surface area (Å²) in [7, 11) is 0. The Hall–Kier alpha value is -1.36. The summed E-state index contributed by atoms with van der Waals surface area (Å²) in [5, 5.41) is 7.72. The standard InChI is InChI=1S/C7H5BrN2.C3H6O2/c8-6-1-3-10-4-2-9-7(10)5-6;1-2-3(4)5/h1-5H;2H2,1H3,(H,4,5). The molecule has 2 rings (SSSR count). The minimum atomic E-state index is -0.745. The summed E-state index contributed by atoms with van der Waals surface area (Å²) in [6.07, 6.45) is 5.88. The van der Waals surface area contributed by atoms with E-state index in [1.807, 2.05) is 28.9 Å². The summed E-state index contributed by atoms with van der Waals surface area (Å²) in [5.74, 6) is -0.745. The van der Waals surface area contributed by atoms with Gasteiger partial charge in [0.25, 0.3) is 0 Å². The average Bonchev–Trinajstić information content (AvgIpc) is 2.65. The van der Waals surface area contributed by atoms with Gasteiger partial charge in [-0.2, -0.15) is 0 Å². The fourth-order valence-electron chi connectivity index (χ4n) is 0.885. The number of carboxylic acids is 1. The first-order chi connectivity index (χ1) is 7.13. The van der Waals surface area contributed by atoms with E-state index in [4.69, 9.17) is 5.11 Å². The van der Waals surface area contributed by atoms with Crippen molar-refractivity contribution in [2.45, 2.75) is 13.3 Å². The highest BCUT2D eigenvalue weighted by atomic mass is 79.9. The molecule has 15 heavy (non-hydrogen) atoms. The highest BCUT2D eigenvalue weighted by molar-refractivity contribution is 9.10. The first-order valence-electron chi connectivity index (χ1n) is 4.43. The van der Waals surface area contributed by atoms with Crippen LogP contribution in [-0.4, -0.2) is 20.5 Å². The normalized spacial score (nSPS) is 9.47. The molecule has 2 aromatic rings.